The van der Waals surface area contributed by atoms with E-state index in [2.05, 4.69) is 30.9 Å². The number of aromatic nitrogens is 5. The molecule has 0 saturated heterocycles. The van der Waals surface area contributed by atoms with Gasteiger partial charge in [-0.1, -0.05) is 65.8 Å². The van der Waals surface area contributed by atoms with Crippen LogP contribution in [0.3, 0.4) is 0 Å². The van der Waals surface area contributed by atoms with Gasteiger partial charge in [-0.15, -0.1) is 10.2 Å². The largest absolute Gasteiger partial charge is 0.305 e. The van der Waals surface area contributed by atoms with Crippen molar-refractivity contribution in [1.82, 2.24) is 30.4 Å². The first-order valence-corrected chi connectivity index (χ1v) is 10.7. The Hall–Kier alpha value is -3.43. The number of nitrogens with zero attached hydrogens (tertiary/aromatic N) is 5. The van der Waals surface area contributed by atoms with Crippen LogP contribution >= 0.6 is 23.4 Å². The highest BCUT2D eigenvalue weighted by atomic mass is 35.5. The fourth-order valence-corrected chi connectivity index (χ4v) is 3.78. The lowest BCUT2D eigenvalue weighted by Crippen LogP contribution is -2.19. The van der Waals surface area contributed by atoms with Gasteiger partial charge in [0, 0.05) is 28.8 Å². The highest BCUT2D eigenvalue weighted by Crippen LogP contribution is 2.24. The molecule has 0 unspecified atom stereocenters. The number of amides is 1. The molecular formula is C21H18ClN7OS. The molecule has 0 aliphatic heterocycles. The van der Waals surface area contributed by atoms with E-state index in [1.54, 1.807) is 18.5 Å². The zero-order valence-electron chi connectivity index (χ0n) is 16.5. The Morgan fingerprint density at radius 3 is 2.81 bits per heavy atom. The molecule has 0 spiro atoms. The Labute approximate surface area is 187 Å². The lowest BCUT2D eigenvalue weighted by Gasteiger charge is -2.04. The van der Waals surface area contributed by atoms with E-state index in [9.17, 15) is 4.79 Å². The lowest BCUT2D eigenvalue weighted by atomic mass is 10.1. The molecule has 156 valence electrons. The van der Waals surface area contributed by atoms with Gasteiger partial charge in [-0.2, -0.15) is 10.2 Å². The van der Waals surface area contributed by atoms with E-state index < -0.39 is 0 Å². The fraction of sp³-hybridized carbons (Fsp3) is 0.0952. The molecular weight excluding hydrogens is 434 g/mol. The van der Waals surface area contributed by atoms with Crippen LogP contribution in [0.2, 0.25) is 5.02 Å². The van der Waals surface area contributed by atoms with Gasteiger partial charge in [0.25, 0.3) is 5.91 Å². The topological polar surface area (TPSA) is 101 Å². The van der Waals surface area contributed by atoms with Crippen molar-refractivity contribution < 1.29 is 4.79 Å². The van der Waals surface area contributed by atoms with Crippen LogP contribution in [0.4, 0.5) is 0 Å². The van der Waals surface area contributed by atoms with Gasteiger partial charge in [-0.05, 0) is 12.1 Å². The second-order valence-electron chi connectivity index (χ2n) is 6.52. The lowest BCUT2D eigenvalue weighted by molar-refractivity contribution is -0.118. The first kappa shape index (κ1) is 20.8. The highest BCUT2D eigenvalue weighted by Gasteiger charge is 2.13. The van der Waals surface area contributed by atoms with Gasteiger partial charge in [0.2, 0.25) is 0 Å². The molecule has 0 radical (unpaired) electrons. The Bertz CT molecular complexity index is 1220. The predicted molar refractivity (Wildman–Crippen MR) is 122 cm³/mol. The predicted octanol–water partition coefficient (Wildman–Crippen LogP) is 3.77. The summed E-state index contributed by atoms with van der Waals surface area (Å²) in [6, 6.07) is 17.2. The van der Waals surface area contributed by atoms with E-state index in [-0.39, 0.29) is 11.7 Å². The Morgan fingerprint density at radius 2 is 2.00 bits per heavy atom. The third-order valence-electron chi connectivity index (χ3n) is 4.37. The summed E-state index contributed by atoms with van der Waals surface area (Å²) >= 11 is 7.33. The van der Waals surface area contributed by atoms with Gasteiger partial charge >= 0.3 is 0 Å². The van der Waals surface area contributed by atoms with Crippen LogP contribution in [0.15, 0.2) is 71.1 Å². The number of carbonyl (C=O) groups excluding carboxylic acids is 1. The van der Waals surface area contributed by atoms with Crippen molar-refractivity contribution in [3.8, 4) is 22.6 Å². The first-order valence-electron chi connectivity index (χ1n) is 9.30. The summed E-state index contributed by atoms with van der Waals surface area (Å²) in [5, 5.41) is 20.7. The van der Waals surface area contributed by atoms with Crippen LogP contribution in [0, 0.1) is 0 Å². The standard InChI is InChI=1S/C21H18ClN7OS/c1-29-20(15-8-5-9-17(22)10-15)27-28-21(29)31-13-18(30)25-23-11-16-12-24-26-19(16)14-6-3-2-4-7-14/h2-12H,13H2,1H3,(H,24,26)(H,25,30). The molecule has 2 aromatic carbocycles. The summed E-state index contributed by atoms with van der Waals surface area (Å²) in [4.78, 5) is 12.2. The Kier molecular flexibility index (Phi) is 6.44. The SMILES string of the molecule is Cn1c(SCC(=O)NN=Cc2cn[nH]c2-c2ccccc2)nnc1-c1cccc(Cl)c1. The van der Waals surface area contributed by atoms with Gasteiger partial charge in [0.05, 0.1) is 23.9 Å². The van der Waals surface area contributed by atoms with Crippen molar-refractivity contribution in [2.24, 2.45) is 12.1 Å². The van der Waals surface area contributed by atoms with Crippen molar-refractivity contribution >= 4 is 35.5 Å². The smallest absolute Gasteiger partial charge is 0.250 e. The van der Waals surface area contributed by atoms with E-state index in [0.29, 0.717) is 16.0 Å². The quantitative estimate of drug-likeness (QED) is 0.253. The number of thioether (sulfide) groups is 1. The summed E-state index contributed by atoms with van der Waals surface area (Å²) in [6.07, 6.45) is 3.22. The van der Waals surface area contributed by atoms with Gasteiger partial charge in [-0.25, -0.2) is 5.43 Å². The van der Waals surface area contributed by atoms with Gasteiger partial charge in [-0.3, -0.25) is 9.89 Å². The molecule has 0 aliphatic carbocycles. The number of hydrogen-bond donors (Lipinski definition) is 2. The van der Waals surface area contributed by atoms with Crippen LogP contribution < -0.4 is 5.43 Å². The van der Waals surface area contributed by atoms with Gasteiger partial charge < -0.3 is 4.57 Å². The fourth-order valence-electron chi connectivity index (χ4n) is 2.89. The van der Waals surface area contributed by atoms with Crippen LogP contribution in [0.25, 0.3) is 22.6 Å². The third kappa shape index (κ3) is 5.01. The van der Waals surface area contributed by atoms with Crippen molar-refractivity contribution in [2.75, 3.05) is 5.75 Å². The number of halogens is 1. The maximum Gasteiger partial charge on any atom is 0.250 e. The Morgan fingerprint density at radius 1 is 1.19 bits per heavy atom. The summed E-state index contributed by atoms with van der Waals surface area (Å²) < 4.78 is 1.82. The number of hydrazone groups is 1. The molecule has 10 heteroatoms. The van der Waals surface area contributed by atoms with Crippen LogP contribution in [0.5, 0.6) is 0 Å². The van der Waals surface area contributed by atoms with E-state index in [1.165, 1.54) is 11.8 Å². The zero-order valence-corrected chi connectivity index (χ0v) is 18.1. The molecule has 4 rings (SSSR count). The second kappa shape index (κ2) is 9.59. The molecule has 0 fully saturated rings. The van der Waals surface area contributed by atoms with E-state index >= 15 is 0 Å². The molecule has 2 aromatic heterocycles. The van der Waals surface area contributed by atoms with E-state index in [0.717, 1.165) is 22.4 Å². The second-order valence-corrected chi connectivity index (χ2v) is 7.90. The van der Waals surface area contributed by atoms with Gasteiger partial charge in [0.15, 0.2) is 11.0 Å². The van der Waals surface area contributed by atoms with Crippen molar-refractivity contribution in [3.63, 3.8) is 0 Å². The van der Waals surface area contributed by atoms with Crippen LogP contribution in [-0.4, -0.2) is 42.8 Å². The molecule has 1 amide bonds. The summed E-state index contributed by atoms with van der Waals surface area (Å²) in [5.74, 6) is 0.575. The zero-order chi connectivity index (χ0) is 21.6. The summed E-state index contributed by atoms with van der Waals surface area (Å²) in [7, 11) is 1.85. The molecule has 2 heterocycles. The molecule has 0 atom stereocenters. The molecule has 4 aromatic rings. The maximum atomic E-state index is 12.2. The van der Waals surface area contributed by atoms with E-state index in [1.807, 2.05) is 60.1 Å². The number of rotatable bonds is 7. The molecule has 0 saturated carbocycles. The average molecular weight is 452 g/mol. The number of aromatic amines is 1. The molecule has 31 heavy (non-hydrogen) atoms. The molecule has 0 aliphatic rings. The Balaban J connectivity index is 1.34. The number of benzene rings is 2. The van der Waals surface area contributed by atoms with Crippen LogP contribution in [-0.2, 0) is 11.8 Å². The first-order chi connectivity index (χ1) is 15.1. The summed E-state index contributed by atoms with van der Waals surface area (Å²) in [6.45, 7) is 0. The minimum Gasteiger partial charge on any atom is -0.305 e. The maximum absolute atomic E-state index is 12.2. The minimum absolute atomic E-state index is 0.149. The minimum atomic E-state index is -0.252. The number of H-pyrrole nitrogens is 1. The van der Waals surface area contributed by atoms with Crippen LogP contribution in [0.1, 0.15) is 5.56 Å². The molecule has 0 bridgehead atoms. The summed E-state index contributed by atoms with van der Waals surface area (Å²) in [5.41, 5.74) is 5.98. The number of carbonyl (C=O) groups is 1. The van der Waals surface area contributed by atoms with Crippen molar-refractivity contribution in [3.05, 3.63) is 71.4 Å². The monoisotopic (exact) mass is 451 g/mol. The average Bonchev–Trinajstić information content (AvgIpc) is 3.39. The normalized spacial score (nSPS) is 11.2. The highest BCUT2D eigenvalue weighted by molar-refractivity contribution is 7.99. The van der Waals surface area contributed by atoms with Gasteiger partial charge in [0.1, 0.15) is 0 Å². The molecule has 2 N–H and O–H groups in total. The van der Waals surface area contributed by atoms with E-state index in [4.69, 9.17) is 11.6 Å². The third-order valence-corrected chi connectivity index (χ3v) is 5.63. The van der Waals surface area contributed by atoms with Crippen molar-refractivity contribution in [2.45, 2.75) is 5.16 Å². The number of hydrogen-bond acceptors (Lipinski definition) is 6. The van der Waals surface area contributed by atoms with Crippen molar-refractivity contribution in [1.29, 1.82) is 0 Å². The molecule has 8 nitrogen and oxygen atoms in total. The number of nitrogens with one attached hydrogen (secondary N) is 2.